The van der Waals surface area contributed by atoms with E-state index in [1.54, 1.807) is 31.2 Å². The highest BCUT2D eigenvalue weighted by Crippen LogP contribution is 2.14. The van der Waals surface area contributed by atoms with Crippen molar-refractivity contribution in [2.75, 3.05) is 0 Å². The third-order valence-corrected chi connectivity index (χ3v) is 1.94. The van der Waals surface area contributed by atoms with E-state index < -0.39 is 12.1 Å². The normalized spacial score (nSPS) is 11.8. The van der Waals surface area contributed by atoms with Gasteiger partial charge in [0, 0.05) is 5.56 Å². The lowest BCUT2D eigenvalue weighted by molar-refractivity contribution is -0.145. The van der Waals surface area contributed by atoms with Crippen LogP contribution in [-0.4, -0.2) is 23.5 Å². The van der Waals surface area contributed by atoms with Crippen molar-refractivity contribution in [1.29, 1.82) is 0 Å². The maximum Gasteiger partial charge on any atom is 0.344 e. The van der Waals surface area contributed by atoms with Gasteiger partial charge in [0.2, 0.25) is 0 Å². The molecule has 0 saturated carbocycles. The van der Waals surface area contributed by atoms with Gasteiger partial charge in [-0.25, -0.2) is 4.79 Å². The Hall–Kier alpha value is -1.84. The molecular weight excluding hydrogens is 196 g/mol. The topological polar surface area (TPSA) is 63.6 Å². The number of hydrogen-bond acceptors (Lipinski definition) is 3. The summed E-state index contributed by atoms with van der Waals surface area (Å²) >= 11 is 0. The molecule has 0 fully saturated rings. The van der Waals surface area contributed by atoms with Crippen molar-refractivity contribution in [3.8, 4) is 5.75 Å². The zero-order chi connectivity index (χ0) is 11.3. The maximum absolute atomic E-state index is 10.7. The van der Waals surface area contributed by atoms with E-state index in [-0.39, 0.29) is 0 Å². The van der Waals surface area contributed by atoms with Gasteiger partial charge in [-0.2, -0.15) is 0 Å². The molecule has 1 rings (SSSR count). The quantitative estimate of drug-likeness (QED) is 0.748. The molecule has 4 heteroatoms. The number of benzene rings is 1. The van der Waals surface area contributed by atoms with Crippen LogP contribution in [0.4, 0.5) is 0 Å². The first-order valence-corrected chi connectivity index (χ1v) is 4.62. The van der Waals surface area contributed by atoms with Crippen LogP contribution in [0.15, 0.2) is 24.3 Å². The molecule has 0 spiro atoms. The van der Waals surface area contributed by atoms with Crippen LogP contribution in [0.3, 0.4) is 0 Å². The first-order chi connectivity index (χ1) is 7.17. The molecule has 4 nitrogen and oxygen atoms in total. The zero-order valence-corrected chi connectivity index (χ0v) is 8.34. The fraction of sp³-hybridized carbons (Fsp3) is 0.273. The van der Waals surface area contributed by atoms with Gasteiger partial charge < -0.3 is 9.84 Å². The third-order valence-electron chi connectivity index (χ3n) is 1.94. The summed E-state index contributed by atoms with van der Waals surface area (Å²) in [5, 5.41) is 8.75. The van der Waals surface area contributed by atoms with Crippen molar-refractivity contribution in [3.05, 3.63) is 29.8 Å². The van der Waals surface area contributed by atoms with Gasteiger partial charge in [-0.05, 0) is 30.7 Å². The molecular formula is C11H12O4. The van der Waals surface area contributed by atoms with Gasteiger partial charge in [-0.3, -0.25) is 4.79 Å². The number of carbonyl (C=O) groups excluding carboxylic acids is 1. The lowest BCUT2D eigenvalue weighted by atomic mass is 10.2. The lowest BCUT2D eigenvalue weighted by Gasteiger charge is -2.12. The fourth-order valence-electron chi connectivity index (χ4n) is 1.10. The van der Waals surface area contributed by atoms with E-state index >= 15 is 0 Å². The number of ether oxygens (including phenoxy) is 1. The molecule has 0 aliphatic heterocycles. The molecule has 1 aromatic rings. The van der Waals surface area contributed by atoms with E-state index in [1.807, 2.05) is 0 Å². The molecule has 0 radical (unpaired) electrons. The molecule has 1 atom stereocenters. The van der Waals surface area contributed by atoms with Crippen molar-refractivity contribution >= 4 is 12.3 Å². The standard InChI is InChI=1S/C11H12O4/c1-2-10(11(13)14)15-9-5-3-8(7-12)4-6-9/h3-7,10H,2H2,1H3,(H,13,14)/t10-/m1/s1. The Morgan fingerprint density at radius 3 is 2.47 bits per heavy atom. The summed E-state index contributed by atoms with van der Waals surface area (Å²) in [6.45, 7) is 1.73. The van der Waals surface area contributed by atoms with Gasteiger partial charge in [-0.1, -0.05) is 6.92 Å². The molecule has 15 heavy (non-hydrogen) atoms. The van der Waals surface area contributed by atoms with Gasteiger partial charge in [0.05, 0.1) is 0 Å². The van der Waals surface area contributed by atoms with Crippen molar-refractivity contribution in [2.24, 2.45) is 0 Å². The Bertz CT molecular complexity index is 342. The molecule has 1 N–H and O–H groups in total. The molecule has 0 amide bonds. The minimum atomic E-state index is -0.989. The van der Waals surface area contributed by atoms with E-state index in [4.69, 9.17) is 9.84 Å². The Balaban J connectivity index is 2.71. The number of carboxylic acid groups (broad SMARTS) is 1. The molecule has 80 valence electrons. The second kappa shape index (κ2) is 5.14. The number of carbonyl (C=O) groups is 2. The lowest BCUT2D eigenvalue weighted by Crippen LogP contribution is -2.25. The van der Waals surface area contributed by atoms with Crippen molar-refractivity contribution < 1.29 is 19.4 Å². The minimum Gasteiger partial charge on any atom is -0.479 e. The monoisotopic (exact) mass is 208 g/mol. The van der Waals surface area contributed by atoms with Crippen LogP contribution in [0.1, 0.15) is 23.7 Å². The van der Waals surface area contributed by atoms with Gasteiger partial charge in [0.1, 0.15) is 12.0 Å². The SMILES string of the molecule is CC[C@@H](Oc1ccc(C=O)cc1)C(=O)O. The fourth-order valence-corrected chi connectivity index (χ4v) is 1.10. The molecule has 0 unspecified atom stereocenters. The van der Waals surface area contributed by atoms with Gasteiger partial charge in [0.25, 0.3) is 0 Å². The van der Waals surface area contributed by atoms with Crippen LogP contribution in [0.2, 0.25) is 0 Å². The summed E-state index contributed by atoms with van der Waals surface area (Å²) in [6, 6.07) is 6.32. The summed E-state index contributed by atoms with van der Waals surface area (Å²) in [4.78, 5) is 21.0. The van der Waals surface area contributed by atoms with E-state index in [1.165, 1.54) is 0 Å². The Labute approximate surface area is 87.5 Å². The highest BCUT2D eigenvalue weighted by atomic mass is 16.5. The van der Waals surface area contributed by atoms with Gasteiger partial charge in [-0.15, -0.1) is 0 Å². The summed E-state index contributed by atoms with van der Waals surface area (Å²) < 4.78 is 5.21. The first kappa shape index (κ1) is 11.2. The Morgan fingerprint density at radius 2 is 2.07 bits per heavy atom. The molecule has 0 bridgehead atoms. The molecule has 0 aliphatic rings. The predicted molar refractivity (Wildman–Crippen MR) is 54.2 cm³/mol. The average molecular weight is 208 g/mol. The molecule has 0 aliphatic carbocycles. The summed E-state index contributed by atoms with van der Waals surface area (Å²) in [5.74, 6) is -0.535. The summed E-state index contributed by atoms with van der Waals surface area (Å²) in [7, 11) is 0. The second-order valence-electron chi connectivity index (χ2n) is 3.04. The van der Waals surface area contributed by atoms with Crippen LogP contribution in [0.25, 0.3) is 0 Å². The molecule has 1 aromatic carbocycles. The van der Waals surface area contributed by atoms with Crippen LogP contribution >= 0.6 is 0 Å². The largest absolute Gasteiger partial charge is 0.479 e. The average Bonchev–Trinajstić information content (AvgIpc) is 2.26. The van der Waals surface area contributed by atoms with E-state index in [9.17, 15) is 9.59 Å². The summed E-state index contributed by atoms with van der Waals surface area (Å²) in [5.41, 5.74) is 0.533. The molecule has 0 heterocycles. The Morgan fingerprint density at radius 1 is 1.47 bits per heavy atom. The number of carboxylic acids is 1. The van der Waals surface area contributed by atoms with E-state index in [2.05, 4.69) is 0 Å². The van der Waals surface area contributed by atoms with E-state index in [0.29, 0.717) is 17.7 Å². The minimum absolute atomic E-state index is 0.394. The number of rotatable bonds is 5. The van der Waals surface area contributed by atoms with E-state index in [0.717, 1.165) is 6.29 Å². The van der Waals surface area contributed by atoms with Crippen LogP contribution in [0.5, 0.6) is 5.75 Å². The molecule has 0 aromatic heterocycles. The zero-order valence-electron chi connectivity index (χ0n) is 8.34. The number of aldehydes is 1. The highest BCUT2D eigenvalue weighted by Gasteiger charge is 2.16. The smallest absolute Gasteiger partial charge is 0.344 e. The van der Waals surface area contributed by atoms with Crippen LogP contribution < -0.4 is 4.74 Å². The van der Waals surface area contributed by atoms with Crippen LogP contribution in [-0.2, 0) is 4.79 Å². The number of hydrogen-bond donors (Lipinski definition) is 1. The van der Waals surface area contributed by atoms with Crippen molar-refractivity contribution in [1.82, 2.24) is 0 Å². The Kier molecular flexibility index (Phi) is 3.85. The van der Waals surface area contributed by atoms with Gasteiger partial charge >= 0.3 is 5.97 Å². The van der Waals surface area contributed by atoms with Gasteiger partial charge in [0.15, 0.2) is 6.10 Å². The van der Waals surface area contributed by atoms with Crippen molar-refractivity contribution in [2.45, 2.75) is 19.4 Å². The van der Waals surface area contributed by atoms with Crippen LogP contribution in [0, 0.1) is 0 Å². The third kappa shape index (κ3) is 3.09. The highest BCUT2D eigenvalue weighted by molar-refractivity contribution is 5.75. The summed E-state index contributed by atoms with van der Waals surface area (Å²) in [6.07, 6.45) is 0.273. The number of aliphatic carboxylic acids is 1. The predicted octanol–water partition coefficient (Wildman–Crippen LogP) is 1.74. The maximum atomic E-state index is 10.7. The first-order valence-electron chi connectivity index (χ1n) is 4.62. The molecule has 0 saturated heterocycles. The van der Waals surface area contributed by atoms with Crippen molar-refractivity contribution in [3.63, 3.8) is 0 Å². The second-order valence-corrected chi connectivity index (χ2v) is 3.04.